The van der Waals surface area contributed by atoms with Crippen LogP contribution in [0, 0.1) is 58.2 Å². The lowest BCUT2D eigenvalue weighted by Gasteiger charge is -2.37. The van der Waals surface area contributed by atoms with Gasteiger partial charge in [-0.1, -0.05) is 162 Å². The topological polar surface area (TPSA) is 40.5 Å². The molecule has 282 valence electrons. The molecule has 2 heteroatoms. The monoisotopic (exact) mass is 750 g/mol. The van der Waals surface area contributed by atoms with Gasteiger partial charge in [0.05, 0.1) is 0 Å². The molecule has 7 rings (SSSR count). The van der Waals surface area contributed by atoms with Crippen LogP contribution in [0.2, 0.25) is 0 Å². The maximum Gasteiger partial charge on any atom is 0.156 e. The van der Waals surface area contributed by atoms with Crippen LogP contribution in [0.1, 0.15) is 86.1 Å². The van der Waals surface area contributed by atoms with Crippen molar-refractivity contribution in [2.75, 3.05) is 0 Å². The Morgan fingerprint density at radius 2 is 0.603 bits per heavy atom. The second kappa shape index (κ2) is 16.0. The van der Waals surface area contributed by atoms with Crippen LogP contribution in [0.25, 0.3) is 21.5 Å². The van der Waals surface area contributed by atoms with Crippen LogP contribution in [0.4, 0.5) is 0 Å². The fraction of sp³-hybridized carbons (Fsp3) is 0.179. The molecular formula is C56H46O2. The average molecular weight is 751 g/mol. The van der Waals surface area contributed by atoms with Gasteiger partial charge >= 0.3 is 0 Å². The molecule has 0 fully saturated rings. The normalized spacial score (nSPS) is 13.2. The van der Waals surface area contributed by atoms with E-state index in [1.54, 1.807) is 0 Å². The van der Waals surface area contributed by atoms with Gasteiger partial charge in [-0.2, -0.15) is 0 Å². The molecule has 0 amide bonds. The van der Waals surface area contributed by atoms with E-state index in [1.807, 2.05) is 187 Å². The van der Waals surface area contributed by atoms with Gasteiger partial charge in [0.1, 0.15) is 0 Å². The van der Waals surface area contributed by atoms with Gasteiger partial charge in [0, 0.05) is 44.2 Å². The summed E-state index contributed by atoms with van der Waals surface area (Å²) in [5.74, 6) is 25.9. The molecule has 0 spiro atoms. The molecule has 0 aromatic heterocycles. The van der Waals surface area contributed by atoms with E-state index in [2.05, 4.69) is 59.5 Å². The maximum absolute atomic E-state index is 12.5. The standard InChI is InChI=1S/C56H46O2/c1-53(2,3)55(57,37-35-45-25-21-43(22-26-45)19-17-41-13-9-7-10-14-41)49-33-31-47-29-30-48-32-34-50(40-52(48)51(47)39-49)56(58,54(4,5)6)38-36-46-27-23-44(24-28-46)20-18-42-15-11-8-12-16-42/h7-16,21-34,39-40,57-58H,1-6H3. The third kappa shape index (κ3) is 8.47. The second-order valence-electron chi connectivity index (χ2n) is 16.7. The molecule has 2 N–H and O–H groups in total. The number of aliphatic hydroxyl groups is 2. The van der Waals surface area contributed by atoms with Crippen molar-refractivity contribution in [2.24, 2.45) is 10.8 Å². The molecule has 2 unspecified atom stereocenters. The van der Waals surface area contributed by atoms with E-state index in [-0.39, 0.29) is 0 Å². The van der Waals surface area contributed by atoms with E-state index in [9.17, 15) is 10.2 Å². The molecule has 7 aromatic carbocycles. The lowest BCUT2D eigenvalue weighted by molar-refractivity contribution is -0.00901. The fourth-order valence-corrected chi connectivity index (χ4v) is 6.82. The highest BCUT2D eigenvalue weighted by Gasteiger charge is 2.42. The van der Waals surface area contributed by atoms with Gasteiger partial charge in [0.25, 0.3) is 0 Å². The van der Waals surface area contributed by atoms with Crippen LogP contribution < -0.4 is 0 Å². The van der Waals surface area contributed by atoms with Crippen molar-refractivity contribution in [2.45, 2.75) is 52.7 Å². The van der Waals surface area contributed by atoms with Gasteiger partial charge in [-0.05, 0) is 118 Å². The zero-order valence-corrected chi connectivity index (χ0v) is 33.9. The third-order valence-corrected chi connectivity index (χ3v) is 10.6. The minimum Gasteiger partial charge on any atom is -0.373 e. The molecule has 7 aromatic rings. The van der Waals surface area contributed by atoms with Crippen molar-refractivity contribution < 1.29 is 10.2 Å². The van der Waals surface area contributed by atoms with Crippen LogP contribution in [-0.4, -0.2) is 10.2 Å². The summed E-state index contributed by atoms with van der Waals surface area (Å²) in [5.41, 5.74) is 2.48. The molecular weight excluding hydrogens is 705 g/mol. The van der Waals surface area contributed by atoms with Gasteiger partial charge in [-0.25, -0.2) is 0 Å². The summed E-state index contributed by atoms with van der Waals surface area (Å²) in [6.45, 7) is 12.0. The van der Waals surface area contributed by atoms with E-state index in [0.717, 1.165) is 54.9 Å². The molecule has 0 saturated heterocycles. The minimum absolute atomic E-state index is 0.626. The summed E-state index contributed by atoms with van der Waals surface area (Å²) in [6, 6.07) is 51.7. The van der Waals surface area contributed by atoms with Crippen LogP contribution in [0.3, 0.4) is 0 Å². The minimum atomic E-state index is -1.48. The van der Waals surface area contributed by atoms with Crippen molar-refractivity contribution in [3.63, 3.8) is 0 Å². The van der Waals surface area contributed by atoms with Crippen molar-refractivity contribution in [1.29, 1.82) is 0 Å². The van der Waals surface area contributed by atoms with E-state index in [4.69, 9.17) is 0 Å². The first-order valence-electron chi connectivity index (χ1n) is 19.5. The van der Waals surface area contributed by atoms with Crippen LogP contribution in [0.5, 0.6) is 0 Å². The molecule has 2 nitrogen and oxygen atoms in total. The van der Waals surface area contributed by atoms with Gasteiger partial charge in [-0.3, -0.25) is 0 Å². The Balaban J connectivity index is 1.23. The molecule has 0 aliphatic heterocycles. The zero-order valence-electron chi connectivity index (χ0n) is 33.9. The highest BCUT2D eigenvalue weighted by Crippen LogP contribution is 2.43. The Morgan fingerprint density at radius 1 is 0.328 bits per heavy atom. The van der Waals surface area contributed by atoms with Crippen molar-refractivity contribution in [3.8, 4) is 47.4 Å². The molecule has 0 bridgehead atoms. The number of fused-ring (bicyclic) bond motifs is 3. The van der Waals surface area contributed by atoms with Crippen LogP contribution >= 0.6 is 0 Å². The molecule has 58 heavy (non-hydrogen) atoms. The molecule has 0 heterocycles. The van der Waals surface area contributed by atoms with E-state index in [0.29, 0.717) is 11.1 Å². The summed E-state index contributed by atoms with van der Waals surface area (Å²) in [7, 11) is 0. The fourth-order valence-electron chi connectivity index (χ4n) is 6.82. The van der Waals surface area contributed by atoms with Gasteiger partial charge < -0.3 is 10.2 Å². The lowest BCUT2D eigenvalue weighted by Crippen LogP contribution is -2.39. The Hall–Kier alpha value is -6.78. The molecule has 2 atom stereocenters. The Kier molecular flexibility index (Phi) is 10.9. The highest BCUT2D eigenvalue weighted by atomic mass is 16.3. The van der Waals surface area contributed by atoms with E-state index >= 15 is 0 Å². The third-order valence-electron chi connectivity index (χ3n) is 10.6. The molecule has 0 radical (unpaired) electrons. The Labute approximate surface area is 343 Å². The van der Waals surface area contributed by atoms with Crippen molar-refractivity contribution in [1.82, 2.24) is 0 Å². The van der Waals surface area contributed by atoms with Crippen molar-refractivity contribution >= 4 is 21.5 Å². The average Bonchev–Trinajstić information content (AvgIpc) is 3.23. The molecule has 0 aliphatic carbocycles. The highest BCUT2D eigenvalue weighted by molar-refractivity contribution is 6.08. The number of rotatable bonds is 2. The Bertz CT molecular complexity index is 2660. The second-order valence-corrected chi connectivity index (χ2v) is 16.7. The largest absolute Gasteiger partial charge is 0.373 e. The molecule has 0 saturated carbocycles. The van der Waals surface area contributed by atoms with Gasteiger partial charge in [0.15, 0.2) is 11.2 Å². The molecule has 0 aliphatic rings. The summed E-state index contributed by atoms with van der Waals surface area (Å²) in [4.78, 5) is 0. The number of benzene rings is 7. The van der Waals surface area contributed by atoms with E-state index < -0.39 is 22.0 Å². The Morgan fingerprint density at radius 3 is 0.914 bits per heavy atom. The van der Waals surface area contributed by atoms with Crippen LogP contribution in [0.15, 0.2) is 158 Å². The van der Waals surface area contributed by atoms with Gasteiger partial charge in [0.2, 0.25) is 0 Å². The predicted octanol–water partition coefficient (Wildman–Crippen LogP) is 11.4. The zero-order chi connectivity index (χ0) is 41.0. The van der Waals surface area contributed by atoms with Gasteiger partial charge in [-0.15, -0.1) is 0 Å². The first kappa shape index (κ1) is 39.5. The van der Waals surface area contributed by atoms with E-state index in [1.165, 1.54) is 0 Å². The summed E-state index contributed by atoms with van der Waals surface area (Å²) >= 11 is 0. The lowest BCUT2D eigenvalue weighted by atomic mass is 9.71. The summed E-state index contributed by atoms with van der Waals surface area (Å²) in [5, 5.41) is 28.9. The maximum atomic E-state index is 12.5. The number of hydrogen-bond donors (Lipinski definition) is 2. The summed E-state index contributed by atoms with van der Waals surface area (Å²) < 4.78 is 0. The van der Waals surface area contributed by atoms with Crippen LogP contribution in [-0.2, 0) is 11.2 Å². The summed E-state index contributed by atoms with van der Waals surface area (Å²) in [6.07, 6.45) is 0. The first-order valence-corrected chi connectivity index (χ1v) is 19.5. The van der Waals surface area contributed by atoms with Crippen molar-refractivity contribution in [3.05, 3.63) is 202 Å². The number of hydrogen-bond acceptors (Lipinski definition) is 2. The quantitative estimate of drug-likeness (QED) is 0.136. The first-order chi connectivity index (χ1) is 27.7. The predicted molar refractivity (Wildman–Crippen MR) is 240 cm³/mol. The smallest absolute Gasteiger partial charge is 0.156 e. The SMILES string of the molecule is CC(C)(C)C(O)(C#Cc1ccc(C#Cc2ccccc2)cc1)c1ccc2ccc3ccc(C(O)(C#Cc4ccc(C#Cc5ccccc5)cc4)C(C)(C)C)cc3c2c1.